The monoisotopic (exact) mass is 184 g/mol. The molecule has 3 amide bonds. The maximum absolute atomic E-state index is 11.6. The molecule has 13 heavy (non-hydrogen) atoms. The van der Waals surface area contributed by atoms with E-state index in [0.717, 1.165) is 0 Å². The quantitative estimate of drug-likeness (QED) is 0.611. The summed E-state index contributed by atoms with van der Waals surface area (Å²) in [7, 11) is 1.73. The van der Waals surface area contributed by atoms with Crippen molar-refractivity contribution in [3.05, 3.63) is 0 Å². The third-order valence-corrected chi connectivity index (χ3v) is 2.63. The summed E-state index contributed by atoms with van der Waals surface area (Å²) in [5.74, 6) is -0.0735. The Labute approximate surface area is 78.5 Å². The molecule has 4 nitrogen and oxygen atoms in total. The first-order chi connectivity index (χ1) is 5.90. The molecule has 0 radical (unpaired) electrons. The Hall–Kier alpha value is -1.06. The van der Waals surface area contributed by atoms with E-state index in [0.29, 0.717) is 13.0 Å². The summed E-state index contributed by atoms with van der Waals surface area (Å²) in [5.41, 5.74) is -0.347. The molecule has 1 aliphatic rings. The maximum Gasteiger partial charge on any atom is 0.326 e. The highest BCUT2D eigenvalue weighted by Gasteiger charge is 2.40. The number of urea groups is 1. The Bertz CT molecular complexity index is 248. The van der Waals surface area contributed by atoms with Crippen LogP contribution >= 0.6 is 0 Å². The molecule has 0 saturated carbocycles. The van der Waals surface area contributed by atoms with Crippen molar-refractivity contribution in [2.75, 3.05) is 13.6 Å². The molecule has 1 aliphatic heterocycles. The van der Waals surface area contributed by atoms with E-state index in [1.165, 1.54) is 4.90 Å². The van der Waals surface area contributed by atoms with Crippen LogP contribution in [0.5, 0.6) is 0 Å². The van der Waals surface area contributed by atoms with Crippen LogP contribution in [0.4, 0.5) is 4.79 Å². The van der Waals surface area contributed by atoms with Crippen LogP contribution in [0.1, 0.15) is 27.2 Å². The van der Waals surface area contributed by atoms with E-state index >= 15 is 0 Å². The molecule has 0 aromatic rings. The molecule has 0 N–H and O–H groups in total. The SMILES string of the molecule is CCN1C(=O)CC(C)(C)N(C)C1=O. The minimum Gasteiger partial charge on any atom is -0.322 e. The smallest absolute Gasteiger partial charge is 0.322 e. The number of nitrogens with zero attached hydrogens (tertiary/aromatic N) is 2. The lowest BCUT2D eigenvalue weighted by Crippen LogP contribution is -2.59. The molecule has 0 atom stereocenters. The zero-order chi connectivity index (χ0) is 10.2. The van der Waals surface area contributed by atoms with Crippen molar-refractivity contribution in [1.82, 2.24) is 9.80 Å². The molecule has 0 aliphatic carbocycles. The van der Waals surface area contributed by atoms with Crippen molar-refractivity contribution in [1.29, 1.82) is 0 Å². The summed E-state index contributed by atoms with van der Waals surface area (Å²) in [6, 6.07) is -0.191. The van der Waals surface area contributed by atoms with E-state index in [9.17, 15) is 9.59 Å². The van der Waals surface area contributed by atoms with Crippen molar-refractivity contribution in [2.45, 2.75) is 32.7 Å². The molecule has 1 rings (SSSR count). The van der Waals surface area contributed by atoms with E-state index < -0.39 is 0 Å². The largest absolute Gasteiger partial charge is 0.326 e. The number of carbonyl (C=O) groups excluding carboxylic acids is 2. The number of rotatable bonds is 1. The van der Waals surface area contributed by atoms with E-state index in [4.69, 9.17) is 0 Å². The average Bonchev–Trinajstić information content (AvgIpc) is 2.01. The van der Waals surface area contributed by atoms with Crippen LogP contribution in [0, 0.1) is 0 Å². The first-order valence-corrected chi connectivity index (χ1v) is 4.48. The summed E-state index contributed by atoms with van der Waals surface area (Å²) < 4.78 is 0. The number of hydrogen-bond acceptors (Lipinski definition) is 2. The Morgan fingerprint density at radius 2 is 1.92 bits per heavy atom. The third kappa shape index (κ3) is 1.53. The number of hydrogen-bond donors (Lipinski definition) is 0. The molecule has 4 heteroatoms. The van der Waals surface area contributed by atoms with E-state index in [1.807, 2.05) is 20.8 Å². The van der Waals surface area contributed by atoms with Gasteiger partial charge < -0.3 is 4.90 Å². The molecule has 0 bridgehead atoms. The summed E-state index contributed by atoms with van der Waals surface area (Å²) in [5, 5.41) is 0. The molecule has 0 aromatic carbocycles. The molecule has 1 fully saturated rings. The zero-order valence-electron chi connectivity index (χ0n) is 8.63. The second-order valence-electron chi connectivity index (χ2n) is 3.97. The summed E-state index contributed by atoms with van der Waals surface area (Å²) in [4.78, 5) is 26.0. The minimum atomic E-state index is -0.347. The Balaban J connectivity index is 2.92. The van der Waals surface area contributed by atoms with Gasteiger partial charge in [-0.1, -0.05) is 0 Å². The van der Waals surface area contributed by atoms with E-state index in [-0.39, 0.29) is 17.5 Å². The van der Waals surface area contributed by atoms with Gasteiger partial charge in [-0.2, -0.15) is 0 Å². The predicted octanol–water partition coefficient (Wildman–Crippen LogP) is 1.07. The van der Waals surface area contributed by atoms with Crippen molar-refractivity contribution in [3.8, 4) is 0 Å². The molecule has 0 unspecified atom stereocenters. The van der Waals surface area contributed by atoms with E-state index in [2.05, 4.69) is 0 Å². The van der Waals surface area contributed by atoms with Crippen LogP contribution in [0.2, 0.25) is 0 Å². The molecule has 1 saturated heterocycles. The molecule has 74 valence electrons. The van der Waals surface area contributed by atoms with Crippen LogP contribution < -0.4 is 0 Å². The molecule has 0 spiro atoms. The molecular formula is C9H16N2O2. The number of imide groups is 1. The van der Waals surface area contributed by atoms with Gasteiger partial charge in [0.05, 0.1) is 6.42 Å². The summed E-state index contributed by atoms with van der Waals surface area (Å²) >= 11 is 0. The predicted molar refractivity (Wildman–Crippen MR) is 49.2 cm³/mol. The van der Waals surface area contributed by atoms with Gasteiger partial charge in [0.2, 0.25) is 5.91 Å². The summed E-state index contributed by atoms with van der Waals surface area (Å²) in [6.07, 6.45) is 0.406. The Kier molecular flexibility index (Phi) is 2.32. The maximum atomic E-state index is 11.6. The van der Waals surface area contributed by atoms with Gasteiger partial charge in [-0.25, -0.2) is 4.79 Å². The molecular weight excluding hydrogens is 168 g/mol. The standard InChI is InChI=1S/C9H16N2O2/c1-5-11-7(12)6-9(2,3)10(4)8(11)13/h5-6H2,1-4H3. The first kappa shape index (κ1) is 10.0. The fourth-order valence-electron chi connectivity index (χ4n) is 1.44. The summed E-state index contributed by atoms with van der Waals surface area (Å²) in [6.45, 7) is 6.06. The van der Waals surface area contributed by atoms with Gasteiger partial charge in [0.1, 0.15) is 0 Å². The van der Waals surface area contributed by atoms with Crippen molar-refractivity contribution >= 4 is 11.9 Å². The van der Waals surface area contributed by atoms with Crippen LogP contribution in [-0.2, 0) is 4.79 Å². The highest BCUT2D eigenvalue weighted by molar-refractivity contribution is 5.97. The van der Waals surface area contributed by atoms with Crippen molar-refractivity contribution in [2.24, 2.45) is 0 Å². The Morgan fingerprint density at radius 3 is 2.38 bits per heavy atom. The van der Waals surface area contributed by atoms with Crippen LogP contribution in [0.15, 0.2) is 0 Å². The molecule has 0 aromatic heterocycles. The van der Waals surface area contributed by atoms with Gasteiger partial charge >= 0.3 is 6.03 Å². The fraction of sp³-hybridized carbons (Fsp3) is 0.778. The lowest BCUT2D eigenvalue weighted by molar-refractivity contribution is -0.134. The van der Waals surface area contributed by atoms with Crippen molar-refractivity contribution < 1.29 is 9.59 Å². The highest BCUT2D eigenvalue weighted by Crippen LogP contribution is 2.24. The highest BCUT2D eigenvalue weighted by atomic mass is 16.2. The lowest BCUT2D eigenvalue weighted by Gasteiger charge is -2.43. The third-order valence-electron chi connectivity index (χ3n) is 2.63. The normalized spacial score (nSPS) is 22.5. The van der Waals surface area contributed by atoms with Gasteiger partial charge in [-0.3, -0.25) is 9.69 Å². The van der Waals surface area contributed by atoms with Crippen LogP contribution in [0.3, 0.4) is 0 Å². The van der Waals surface area contributed by atoms with Gasteiger partial charge in [-0.05, 0) is 20.8 Å². The second-order valence-corrected chi connectivity index (χ2v) is 3.97. The van der Waals surface area contributed by atoms with E-state index in [1.54, 1.807) is 11.9 Å². The Morgan fingerprint density at radius 1 is 1.38 bits per heavy atom. The van der Waals surface area contributed by atoms with Gasteiger partial charge in [-0.15, -0.1) is 0 Å². The second kappa shape index (κ2) is 3.01. The van der Waals surface area contributed by atoms with Crippen molar-refractivity contribution in [3.63, 3.8) is 0 Å². The molecule has 1 heterocycles. The lowest BCUT2D eigenvalue weighted by atomic mass is 9.96. The fourth-order valence-corrected chi connectivity index (χ4v) is 1.44. The topological polar surface area (TPSA) is 40.6 Å². The zero-order valence-corrected chi connectivity index (χ0v) is 8.63. The first-order valence-electron chi connectivity index (χ1n) is 4.48. The average molecular weight is 184 g/mol. The number of amides is 3. The van der Waals surface area contributed by atoms with Gasteiger partial charge in [0.25, 0.3) is 0 Å². The number of carbonyl (C=O) groups is 2. The minimum absolute atomic E-state index is 0.0735. The van der Waals surface area contributed by atoms with Gasteiger partial charge in [0.15, 0.2) is 0 Å². The van der Waals surface area contributed by atoms with Crippen LogP contribution in [-0.4, -0.2) is 40.9 Å². The van der Waals surface area contributed by atoms with Crippen LogP contribution in [0.25, 0.3) is 0 Å². The van der Waals surface area contributed by atoms with Gasteiger partial charge in [0, 0.05) is 19.1 Å².